The van der Waals surface area contributed by atoms with Crippen molar-refractivity contribution in [2.24, 2.45) is 11.8 Å². The van der Waals surface area contributed by atoms with Crippen molar-refractivity contribution in [2.75, 3.05) is 11.9 Å². The number of carbonyl (C=O) groups excluding carboxylic acids is 1. The molecule has 6 nitrogen and oxygen atoms in total. The molecule has 2 unspecified atom stereocenters. The third-order valence-electron chi connectivity index (χ3n) is 3.93. The molecule has 1 aliphatic rings. The molecule has 6 heteroatoms. The molecule has 24 heavy (non-hydrogen) atoms. The van der Waals surface area contributed by atoms with E-state index in [4.69, 9.17) is 9.84 Å². The Kier molecular flexibility index (Phi) is 4.74. The first-order valence-electron chi connectivity index (χ1n) is 7.80. The number of aliphatic carboxylic acids is 1. The molecule has 0 saturated heterocycles. The van der Waals surface area contributed by atoms with Gasteiger partial charge in [0.2, 0.25) is 11.8 Å². The van der Waals surface area contributed by atoms with E-state index in [9.17, 15) is 9.59 Å². The summed E-state index contributed by atoms with van der Waals surface area (Å²) >= 11 is 0. The molecule has 0 bridgehead atoms. The molecule has 1 amide bonds. The molecule has 124 valence electrons. The van der Waals surface area contributed by atoms with Crippen LogP contribution >= 0.6 is 0 Å². The predicted octanol–water partition coefficient (Wildman–Crippen LogP) is 2.36. The average Bonchev–Trinajstić information content (AvgIpc) is 3.38. The summed E-state index contributed by atoms with van der Waals surface area (Å²) in [5, 5.41) is 11.5. The molecule has 2 aromatic rings. The SMILES string of the molecule is O=C(O)C1CC1C(=O)Nc1ccc(OCCc2ccccc2)nc1. The number of carbonyl (C=O) groups is 2. The maximum atomic E-state index is 11.9. The van der Waals surface area contributed by atoms with Crippen LogP contribution in [-0.2, 0) is 16.0 Å². The monoisotopic (exact) mass is 326 g/mol. The number of anilines is 1. The van der Waals surface area contributed by atoms with E-state index in [-0.39, 0.29) is 5.91 Å². The van der Waals surface area contributed by atoms with Gasteiger partial charge < -0.3 is 15.2 Å². The molecule has 1 aromatic heterocycles. The second-order valence-electron chi connectivity index (χ2n) is 5.75. The van der Waals surface area contributed by atoms with E-state index >= 15 is 0 Å². The summed E-state index contributed by atoms with van der Waals surface area (Å²) in [6.07, 6.45) is 2.70. The summed E-state index contributed by atoms with van der Waals surface area (Å²) in [6, 6.07) is 13.4. The Bertz CT molecular complexity index is 716. The summed E-state index contributed by atoms with van der Waals surface area (Å²) in [6.45, 7) is 0.519. The number of nitrogens with zero attached hydrogens (tertiary/aromatic N) is 1. The van der Waals surface area contributed by atoms with Crippen LogP contribution < -0.4 is 10.1 Å². The van der Waals surface area contributed by atoms with Crippen molar-refractivity contribution < 1.29 is 19.4 Å². The Labute approximate surface area is 139 Å². The number of amides is 1. The van der Waals surface area contributed by atoms with E-state index in [0.29, 0.717) is 24.6 Å². The highest BCUT2D eigenvalue weighted by atomic mass is 16.5. The summed E-state index contributed by atoms with van der Waals surface area (Å²) < 4.78 is 5.58. The number of carboxylic acids is 1. The van der Waals surface area contributed by atoms with Crippen molar-refractivity contribution in [3.8, 4) is 5.88 Å². The van der Waals surface area contributed by atoms with Crippen LogP contribution in [-0.4, -0.2) is 28.6 Å². The van der Waals surface area contributed by atoms with E-state index < -0.39 is 17.8 Å². The van der Waals surface area contributed by atoms with Crippen LogP contribution in [0.3, 0.4) is 0 Å². The van der Waals surface area contributed by atoms with Crippen molar-refractivity contribution in [1.29, 1.82) is 0 Å². The second-order valence-corrected chi connectivity index (χ2v) is 5.75. The van der Waals surface area contributed by atoms with Gasteiger partial charge in [-0.05, 0) is 18.1 Å². The lowest BCUT2D eigenvalue weighted by molar-refractivity contribution is -0.139. The summed E-state index contributed by atoms with van der Waals surface area (Å²) in [5.41, 5.74) is 1.73. The van der Waals surface area contributed by atoms with Crippen molar-refractivity contribution in [1.82, 2.24) is 4.98 Å². The minimum absolute atomic E-state index is 0.276. The van der Waals surface area contributed by atoms with Crippen LogP contribution in [0.4, 0.5) is 5.69 Å². The molecule has 3 rings (SSSR count). The number of carboxylic acid groups (broad SMARTS) is 1. The van der Waals surface area contributed by atoms with E-state index in [0.717, 1.165) is 6.42 Å². The highest BCUT2D eigenvalue weighted by Gasteiger charge is 2.48. The number of rotatable bonds is 7. The first kappa shape index (κ1) is 16.0. The third-order valence-corrected chi connectivity index (χ3v) is 3.93. The maximum absolute atomic E-state index is 11.9. The fraction of sp³-hybridized carbons (Fsp3) is 0.278. The molecule has 0 aliphatic heterocycles. The van der Waals surface area contributed by atoms with Gasteiger partial charge in [-0.15, -0.1) is 0 Å². The first-order valence-corrected chi connectivity index (χ1v) is 7.80. The van der Waals surface area contributed by atoms with Crippen LogP contribution in [0.15, 0.2) is 48.7 Å². The molecule has 2 atom stereocenters. The van der Waals surface area contributed by atoms with E-state index in [1.165, 1.54) is 11.8 Å². The lowest BCUT2D eigenvalue weighted by atomic mass is 10.2. The minimum Gasteiger partial charge on any atom is -0.481 e. The van der Waals surface area contributed by atoms with Gasteiger partial charge in [0.15, 0.2) is 0 Å². The maximum Gasteiger partial charge on any atom is 0.307 e. The zero-order chi connectivity index (χ0) is 16.9. The number of hydrogen-bond acceptors (Lipinski definition) is 4. The standard InChI is InChI=1S/C18H18N2O4/c21-17(14-10-15(14)18(22)23)20-13-6-7-16(19-11-13)24-9-8-12-4-2-1-3-5-12/h1-7,11,14-15H,8-10H2,(H,20,21)(H,22,23). The number of aromatic nitrogens is 1. The molecule has 0 radical (unpaired) electrons. The topological polar surface area (TPSA) is 88.5 Å². The number of pyridine rings is 1. The Morgan fingerprint density at radius 3 is 2.58 bits per heavy atom. The van der Waals surface area contributed by atoms with Gasteiger partial charge in [0.05, 0.1) is 30.3 Å². The summed E-state index contributed by atoms with van der Waals surface area (Å²) in [4.78, 5) is 26.8. The fourth-order valence-electron chi connectivity index (χ4n) is 2.45. The van der Waals surface area contributed by atoms with Crippen LogP contribution in [0.2, 0.25) is 0 Å². The molecular weight excluding hydrogens is 308 g/mol. The van der Waals surface area contributed by atoms with E-state index in [1.807, 2.05) is 30.3 Å². The quantitative estimate of drug-likeness (QED) is 0.815. The normalized spacial score (nSPS) is 18.7. The zero-order valence-electron chi connectivity index (χ0n) is 13.0. The van der Waals surface area contributed by atoms with Gasteiger partial charge >= 0.3 is 5.97 Å². The largest absolute Gasteiger partial charge is 0.481 e. The Balaban J connectivity index is 1.45. The van der Waals surface area contributed by atoms with Gasteiger partial charge in [-0.1, -0.05) is 30.3 Å². The molecule has 1 aliphatic carbocycles. The fourth-order valence-corrected chi connectivity index (χ4v) is 2.45. The minimum atomic E-state index is -0.921. The summed E-state index contributed by atoms with van der Waals surface area (Å²) in [5.74, 6) is -1.71. The van der Waals surface area contributed by atoms with E-state index in [1.54, 1.807) is 12.1 Å². The molecule has 2 N–H and O–H groups in total. The lowest BCUT2D eigenvalue weighted by Gasteiger charge is -2.07. The van der Waals surface area contributed by atoms with Crippen molar-refractivity contribution in [2.45, 2.75) is 12.8 Å². The van der Waals surface area contributed by atoms with Crippen molar-refractivity contribution >= 4 is 17.6 Å². The van der Waals surface area contributed by atoms with Gasteiger partial charge in [-0.2, -0.15) is 0 Å². The highest BCUT2D eigenvalue weighted by molar-refractivity contribution is 5.98. The van der Waals surface area contributed by atoms with Crippen LogP contribution in [0, 0.1) is 11.8 Å². The van der Waals surface area contributed by atoms with Crippen LogP contribution in [0.5, 0.6) is 5.88 Å². The predicted molar refractivity (Wildman–Crippen MR) is 87.7 cm³/mol. The molecule has 0 spiro atoms. The van der Waals surface area contributed by atoms with E-state index in [2.05, 4.69) is 10.3 Å². The number of benzene rings is 1. The van der Waals surface area contributed by atoms with Gasteiger partial charge in [0.1, 0.15) is 0 Å². The lowest BCUT2D eigenvalue weighted by Crippen LogP contribution is -2.16. The number of ether oxygens (including phenoxy) is 1. The Morgan fingerprint density at radius 2 is 1.96 bits per heavy atom. The molecular formula is C18H18N2O4. The number of hydrogen-bond donors (Lipinski definition) is 2. The summed E-state index contributed by atoms with van der Waals surface area (Å²) in [7, 11) is 0. The van der Waals surface area contributed by atoms with Gasteiger partial charge in [0.25, 0.3) is 0 Å². The van der Waals surface area contributed by atoms with Crippen molar-refractivity contribution in [3.05, 3.63) is 54.2 Å². The Hall–Kier alpha value is -2.89. The third kappa shape index (κ3) is 4.10. The molecule has 1 heterocycles. The molecule has 1 saturated carbocycles. The average molecular weight is 326 g/mol. The second kappa shape index (κ2) is 7.12. The zero-order valence-corrected chi connectivity index (χ0v) is 13.0. The molecule has 1 aromatic carbocycles. The number of nitrogens with one attached hydrogen (secondary N) is 1. The molecule has 1 fully saturated rings. The van der Waals surface area contributed by atoms with Gasteiger partial charge in [-0.3, -0.25) is 9.59 Å². The smallest absolute Gasteiger partial charge is 0.307 e. The van der Waals surface area contributed by atoms with Gasteiger partial charge in [-0.25, -0.2) is 4.98 Å². The van der Waals surface area contributed by atoms with Crippen molar-refractivity contribution in [3.63, 3.8) is 0 Å². The first-order chi connectivity index (χ1) is 11.6. The van der Waals surface area contributed by atoms with Gasteiger partial charge in [0, 0.05) is 12.5 Å². The Morgan fingerprint density at radius 1 is 1.17 bits per heavy atom. The van der Waals surface area contributed by atoms with Crippen LogP contribution in [0.1, 0.15) is 12.0 Å². The highest BCUT2D eigenvalue weighted by Crippen LogP contribution is 2.39. The van der Waals surface area contributed by atoms with Crippen LogP contribution in [0.25, 0.3) is 0 Å².